The van der Waals surface area contributed by atoms with E-state index >= 15 is 0 Å². The van der Waals surface area contributed by atoms with Crippen molar-refractivity contribution in [2.45, 2.75) is 12.8 Å². The Bertz CT molecular complexity index is 369. The van der Waals surface area contributed by atoms with Crippen molar-refractivity contribution in [2.75, 3.05) is 14.1 Å². The van der Waals surface area contributed by atoms with Crippen molar-refractivity contribution in [1.29, 1.82) is 0 Å². The number of nitrogens with one attached hydrogen (secondary N) is 1. The third kappa shape index (κ3) is 5.83. The van der Waals surface area contributed by atoms with E-state index in [2.05, 4.69) is 18.5 Å². The monoisotopic (exact) mass is 231 g/mol. The van der Waals surface area contributed by atoms with Crippen LogP contribution in [0.1, 0.15) is 23.1 Å². The lowest BCUT2D eigenvalue weighted by Gasteiger charge is -2.04. The van der Waals surface area contributed by atoms with E-state index in [4.69, 9.17) is 0 Å². The minimum absolute atomic E-state index is 0.573. The van der Waals surface area contributed by atoms with Gasteiger partial charge in [0, 0.05) is 6.42 Å². The highest BCUT2D eigenvalue weighted by molar-refractivity contribution is 5.64. The molecule has 1 rings (SSSR count). The molecule has 0 aliphatic heterocycles. The van der Waals surface area contributed by atoms with E-state index in [0.717, 1.165) is 29.4 Å². The predicted molar refractivity (Wildman–Crippen MR) is 76.0 cm³/mol. The molecule has 0 aliphatic rings. The van der Waals surface area contributed by atoms with Crippen molar-refractivity contribution in [3.8, 4) is 0 Å². The zero-order valence-corrected chi connectivity index (χ0v) is 10.7. The first-order chi connectivity index (χ1) is 8.23. The summed E-state index contributed by atoms with van der Waals surface area (Å²) in [6.45, 7) is 7.47. The molecule has 0 saturated carbocycles. The molecule has 0 amide bonds. The van der Waals surface area contributed by atoms with Gasteiger partial charge in [0.05, 0.1) is 0 Å². The molecule has 0 atom stereocenters. The number of hydrogen-bond acceptors (Lipinski definition) is 2. The molecule has 0 heterocycles. The van der Waals surface area contributed by atoms with Crippen LogP contribution in [-0.4, -0.2) is 20.4 Å². The molecule has 0 fully saturated rings. The first-order valence-electron chi connectivity index (χ1n) is 5.63. The van der Waals surface area contributed by atoms with Crippen LogP contribution in [-0.2, 0) is 11.2 Å². The van der Waals surface area contributed by atoms with Gasteiger partial charge in [-0.15, -0.1) is 0 Å². The lowest BCUT2D eigenvalue weighted by Crippen LogP contribution is -1.89. The SMILES string of the molecule is C=Cc1ccc(CCC=O)cc1C=C.CNC. The quantitative estimate of drug-likeness (QED) is 0.789. The van der Waals surface area contributed by atoms with Crippen LogP contribution >= 0.6 is 0 Å². The van der Waals surface area contributed by atoms with Gasteiger partial charge in [-0.2, -0.15) is 0 Å². The van der Waals surface area contributed by atoms with Gasteiger partial charge in [-0.05, 0) is 37.2 Å². The highest BCUT2D eigenvalue weighted by atomic mass is 16.1. The molecule has 1 N–H and O–H groups in total. The molecule has 2 heteroatoms. The molecule has 0 spiro atoms. The zero-order chi connectivity index (χ0) is 13.1. The molecular weight excluding hydrogens is 210 g/mol. The second-order valence-electron chi connectivity index (χ2n) is 3.58. The molecule has 0 radical (unpaired) electrons. The Labute approximate surface area is 104 Å². The van der Waals surface area contributed by atoms with Gasteiger partial charge < -0.3 is 10.1 Å². The summed E-state index contributed by atoms with van der Waals surface area (Å²) in [6.07, 6.45) is 5.92. The van der Waals surface area contributed by atoms with Crippen molar-refractivity contribution in [1.82, 2.24) is 5.32 Å². The Morgan fingerprint density at radius 3 is 2.24 bits per heavy atom. The summed E-state index contributed by atoms with van der Waals surface area (Å²) in [5.74, 6) is 0. The number of aldehydes is 1. The van der Waals surface area contributed by atoms with E-state index in [0.29, 0.717) is 6.42 Å². The van der Waals surface area contributed by atoms with Crippen LogP contribution < -0.4 is 5.32 Å². The van der Waals surface area contributed by atoms with Gasteiger partial charge in [-0.1, -0.05) is 43.5 Å². The average Bonchev–Trinajstić information content (AvgIpc) is 2.36. The molecule has 1 aromatic rings. The first-order valence-corrected chi connectivity index (χ1v) is 5.63. The Hall–Kier alpha value is -1.67. The Kier molecular flexibility index (Phi) is 8.61. The summed E-state index contributed by atoms with van der Waals surface area (Å²) in [7, 11) is 3.75. The normalized spacial score (nSPS) is 8.82. The number of benzene rings is 1. The summed E-state index contributed by atoms with van der Waals surface area (Å²) in [4.78, 5) is 10.2. The van der Waals surface area contributed by atoms with Crippen molar-refractivity contribution in [3.05, 3.63) is 48.0 Å². The van der Waals surface area contributed by atoms with Crippen LogP contribution in [0.15, 0.2) is 31.4 Å². The van der Waals surface area contributed by atoms with Crippen LogP contribution in [0.2, 0.25) is 0 Å². The molecule has 0 aromatic heterocycles. The van der Waals surface area contributed by atoms with Gasteiger partial charge in [0.1, 0.15) is 6.29 Å². The van der Waals surface area contributed by atoms with Gasteiger partial charge in [0.2, 0.25) is 0 Å². The summed E-state index contributed by atoms with van der Waals surface area (Å²) in [6, 6.07) is 6.07. The predicted octanol–water partition coefficient (Wildman–Crippen LogP) is 2.94. The molecular formula is C15H21NO. The van der Waals surface area contributed by atoms with E-state index in [1.165, 1.54) is 0 Å². The minimum atomic E-state index is 0.573. The summed E-state index contributed by atoms with van der Waals surface area (Å²) in [5.41, 5.74) is 3.32. The van der Waals surface area contributed by atoms with Gasteiger partial charge in [0.15, 0.2) is 0 Å². The third-order valence-corrected chi connectivity index (χ3v) is 2.14. The Balaban J connectivity index is 0.000000770. The fraction of sp³-hybridized carbons (Fsp3) is 0.267. The van der Waals surface area contributed by atoms with Crippen LogP contribution in [0, 0.1) is 0 Å². The Morgan fingerprint density at radius 2 is 1.76 bits per heavy atom. The number of hydrogen-bond donors (Lipinski definition) is 1. The Morgan fingerprint density at radius 1 is 1.18 bits per heavy atom. The highest BCUT2D eigenvalue weighted by Crippen LogP contribution is 2.15. The number of carbonyl (C=O) groups is 1. The van der Waals surface area contributed by atoms with Crippen molar-refractivity contribution in [3.63, 3.8) is 0 Å². The van der Waals surface area contributed by atoms with Crippen molar-refractivity contribution in [2.24, 2.45) is 0 Å². The molecule has 92 valence electrons. The first kappa shape index (κ1) is 15.3. The topological polar surface area (TPSA) is 29.1 Å². The highest BCUT2D eigenvalue weighted by Gasteiger charge is 1.98. The maximum Gasteiger partial charge on any atom is 0.120 e. The molecule has 2 nitrogen and oxygen atoms in total. The minimum Gasteiger partial charge on any atom is -0.323 e. The number of rotatable bonds is 5. The molecule has 0 unspecified atom stereocenters. The molecule has 17 heavy (non-hydrogen) atoms. The van der Waals surface area contributed by atoms with E-state index in [1.54, 1.807) is 12.2 Å². The van der Waals surface area contributed by atoms with Crippen LogP contribution in [0.25, 0.3) is 12.2 Å². The average molecular weight is 231 g/mol. The summed E-state index contributed by atoms with van der Waals surface area (Å²) < 4.78 is 0. The number of carbonyl (C=O) groups excluding carboxylic acids is 1. The van der Waals surface area contributed by atoms with Gasteiger partial charge in [-0.25, -0.2) is 0 Å². The molecule has 0 bridgehead atoms. The smallest absolute Gasteiger partial charge is 0.120 e. The van der Waals surface area contributed by atoms with Crippen molar-refractivity contribution >= 4 is 18.4 Å². The van der Waals surface area contributed by atoms with E-state index in [9.17, 15) is 4.79 Å². The molecule has 0 aliphatic carbocycles. The summed E-state index contributed by atoms with van der Waals surface area (Å²) in [5, 5.41) is 2.75. The van der Waals surface area contributed by atoms with Gasteiger partial charge >= 0.3 is 0 Å². The van der Waals surface area contributed by atoms with Crippen LogP contribution in [0.4, 0.5) is 0 Å². The largest absolute Gasteiger partial charge is 0.323 e. The van der Waals surface area contributed by atoms with Crippen LogP contribution in [0.3, 0.4) is 0 Å². The summed E-state index contributed by atoms with van der Waals surface area (Å²) >= 11 is 0. The standard InChI is InChI=1S/C13H14O.C2H7N/c1-3-12-8-7-11(6-5-9-14)10-13(12)4-2;1-3-2/h3-4,7-10H,1-2,5-6H2;3H,1-2H3. The lowest BCUT2D eigenvalue weighted by molar-refractivity contribution is -0.107. The molecule has 1 aromatic carbocycles. The van der Waals surface area contributed by atoms with Crippen LogP contribution in [0.5, 0.6) is 0 Å². The van der Waals surface area contributed by atoms with Crippen molar-refractivity contribution < 1.29 is 4.79 Å². The fourth-order valence-corrected chi connectivity index (χ4v) is 1.37. The lowest BCUT2D eigenvalue weighted by atomic mass is 10.0. The fourth-order valence-electron chi connectivity index (χ4n) is 1.37. The number of aryl methyl sites for hydroxylation is 1. The zero-order valence-electron chi connectivity index (χ0n) is 10.7. The third-order valence-electron chi connectivity index (χ3n) is 2.14. The second kappa shape index (κ2) is 9.55. The molecule has 0 saturated heterocycles. The van der Waals surface area contributed by atoms with E-state index in [-0.39, 0.29) is 0 Å². The van der Waals surface area contributed by atoms with Gasteiger partial charge in [0.25, 0.3) is 0 Å². The van der Waals surface area contributed by atoms with E-state index in [1.807, 2.05) is 32.3 Å². The maximum absolute atomic E-state index is 10.2. The second-order valence-corrected chi connectivity index (χ2v) is 3.58. The maximum atomic E-state index is 10.2. The van der Waals surface area contributed by atoms with E-state index < -0.39 is 0 Å². The van der Waals surface area contributed by atoms with Gasteiger partial charge in [-0.3, -0.25) is 0 Å².